The quantitative estimate of drug-likeness (QED) is 0.359. The lowest BCUT2D eigenvalue weighted by Gasteiger charge is -2.34. The number of thiophene rings is 1. The van der Waals surface area contributed by atoms with Crippen molar-refractivity contribution in [3.8, 4) is 10.6 Å². The van der Waals surface area contributed by atoms with Gasteiger partial charge in [0.15, 0.2) is 0 Å². The minimum Gasteiger partial charge on any atom is -0.313 e. The van der Waals surface area contributed by atoms with E-state index >= 15 is 0 Å². The van der Waals surface area contributed by atoms with Crippen LogP contribution >= 0.6 is 22.7 Å². The molecule has 6 nitrogen and oxygen atoms in total. The molecule has 1 fully saturated rings. The molecule has 3 heterocycles. The smallest absolute Gasteiger partial charge is 0.256 e. The number of hydrogen-bond donors (Lipinski definition) is 1. The lowest BCUT2D eigenvalue weighted by molar-refractivity contribution is 0.102. The summed E-state index contributed by atoms with van der Waals surface area (Å²) in [5.41, 5.74) is 2.22. The lowest BCUT2D eigenvalue weighted by atomic mass is 9.94. The Morgan fingerprint density at radius 3 is 2.44 bits per heavy atom. The number of carbonyl (C=O) groups excluding carboxylic acids is 1. The van der Waals surface area contributed by atoms with Crippen molar-refractivity contribution in [3.05, 3.63) is 65.5 Å². The van der Waals surface area contributed by atoms with E-state index in [2.05, 4.69) is 19.2 Å². The van der Waals surface area contributed by atoms with Crippen LogP contribution in [0.5, 0.6) is 0 Å². The number of sulfonamides is 1. The summed E-state index contributed by atoms with van der Waals surface area (Å²) in [7, 11) is -3.58. The first-order valence-corrected chi connectivity index (χ1v) is 14.3. The molecular weight excluding hydrogens is 486 g/mol. The molecule has 176 valence electrons. The van der Waals surface area contributed by atoms with Crippen molar-refractivity contribution in [1.29, 1.82) is 0 Å². The highest BCUT2D eigenvalue weighted by Crippen LogP contribution is 2.38. The fourth-order valence-corrected chi connectivity index (χ4v) is 7.99. The zero-order valence-electron chi connectivity index (χ0n) is 18.9. The minimum absolute atomic E-state index is 0.219. The molecule has 1 N–H and O–H groups in total. The molecule has 1 aliphatic heterocycles. The van der Waals surface area contributed by atoms with Crippen LogP contribution in [0.25, 0.3) is 20.8 Å². The Labute approximate surface area is 207 Å². The molecule has 5 rings (SSSR count). The molecule has 0 spiro atoms. The van der Waals surface area contributed by atoms with Gasteiger partial charge in [0.25, 0.3) is 5.91 Å². The number of rotatable bonds is 5. The number of fused-ring (bicyclic) bond motifs is 1. The van der Waals surface area contributed by atoms with Gasteiger partial charge in [0.05, 0.1) is 15.1 Å². The summed E-state index contributed by atoms with van der Waals surface area (Å²) in [6.45, 7) is 5.22. The van der Waals surface area contributed by atoms with Crippen molar-refractivity contribution in [2.75, 3.05) is 18.4 Å². The maximum Gasteiger partial charge on any atom is 0.256 e. The van der Waals surface area contributed by atoms with Crippen LogP contribution in [0.15, 0.2) is 64.9 Å². The van der Waals surface area contributed by atoms with E-state index < -0.39 is 10.0 Å². The largest absolute Gasteiger partial charge is 0.313 e. The molecule has 2 aromatic heterocycles. The zero-order chi connectivity index (χ0) is 23.9. The Balaban J connectivity index is 1.33. The molecule has 0 aliphatic carbocycles. The third-order valence-corrected chi connectivity index (χ3v) is 9.75. The Bertz CT molecular complexity index is 1400. The summed E-state index contributed by atoms with van der Waals surface area (Å²) in [6, 6.07) is 16.1. The fraction of sp³-hybridized carbons (Fsp3) is 0.280. The van der Waals surface area contributed by atoms with Gasteiger partial charge in [0.2, 0.25) is 10.0 Å². The second kappa shape index (κ2) is 9.22. The first-order chi connectivity index (χ1) is 16.3. The summed E-state index contributed by atoms with van der Waals surface area (Å²) in [4.78, 5) is 17.8. The monoisotopic (exact) mass is 511 g/mol. The zero-order valence-corrected chi connectivity index (χ0v) is 21.3. The average Bonchev–Trinajstić information content (AvgIpc) is 3.45. The number of aromatic nitrogens is 1. The molecule has 2 atom stereocenters. The normalized spacial score (nSPS) is 19.4. The molecule has 1 saturated heterocycles. The fourth-order valence-electron chi connectivity index (χ4n) is 4.47. The van der Waals surface area contributed by atoms with E-state index in [0.29, 0.717) is 30.5 Å². The van der Waals surface area contributed by atoms with Gasteiger partial charge in [0, 0.05) is 24.2 Å². The van der Waals surface area contributed by atoms with Gasteiger partial charge < -0.3 is 5.32 Å². The van der Waals surface area contributed by atoms with Gasteiger partial charge in [-0.15, -0.1) is 22.7 Å². The van der Waals surface area contributed by atoms with Gasteiger partial charge in [-0.3, -0.25) is 4.79 Å². The highest BCUT2D eigenvalue weighted by Gasteiger charge is 2.31. The topological polar surface area (TPSA) is 79.4 Å². The number of benzene rings is 2. The van der Waals surface area contributed by atoms with Gasteiger partial charge >= 0.3 is 0 Å². The number of piperidine rings is 1. The predicted octanol–water partition coefficient (Wildman–Crippen LogP) is 5.94. The van der Waals surface area contributed by atoms with Gasteiger partial charge in [-0.2, -0.15) is 4.31 Å². The Morgan fingerprint density at radius 2 is 1.74 bits per heavy atom. The van der Waals surface area contributed by atoms with E-state index in [1.165, 1.54) is 23.5 Å². The van der Waals surface area contributed by atoms with Crippen LogP contribution in [0.3, 0.4) is 0 Å². The van der Waals surface area contributed by atoms with Crippen molar-refractivity contribution in [1.82, 2.24) is 9.29 Å². The number of carbonyl (C=O) groups is 1. The molecule has 34 heavy (non-hydrogen) atoms. The van der Waals surface area contributed by atoms with Crippen LogP contribution in [0.1, 0.15) is 30.6 Å². The molecule has 0 bridgehead atoms. The predicted molar refractivity (Wildman–Crippen MR) is 139 cm³/mol. The second-order valence-electron chi connectivity index (χ2n) is 8.90. The third-order valence-electron chi connectivity index (χ3n) is 6.01. The molecule has 2 aromatic carbocycles. The van der Waals surface area contributed by atoms with Crippen LogP contribution in [-0.2, 0) is 10.0 Å². The van der Waals surface area contributed by atoms with Gasteiger partial charge in [-0.05, 0) is 66.1 Å². The molecule has 2 unspecified atom stereocenters. The van der Waals surface area contributed by atoms with Crippen molar-refractivity contribution < 1.29 is 13.2 Å². The second-order valence-corrected chi connectivity index (χ2v) is 12.8. The van der Waals surface area contributed by atoms with Crippen LogP contribution in [0.2, 0.25) is 0 Å². The summed E-state index contributed by atoms with van der Waals surface area (Å²) in [6.07, 6.45) is 1.03. The summed E-state index contributed by atoms with van der Waals surface area (Å²) >= 11 is 3.02. The Morgan fingerprint density at radius 1 is 1.03 bits per heavy atom. The standard InChI is InChI=1S/C25H25N3O3S3/c1-16-13-17(2)15-28(14-16)34(30,31)19-9-7-18(8-10-19)23(29)27-24-20(11-12-32-24)25-26-21-5-3-4-6-22(21)33-25/h3-12,16-17H,13-15H2,1-2H3,(H,27,29). The molecule has 0 radical (unpaired) electrons. The van der Waals surface area contributed by atoms with Gasteiger partial charge in [-0.1, -0.05) is 26.0 Å². The summed E-state index contributed by atoms with van der Waals surface area (Å²) in [5, 5.41) is 6.46. The molecular formula is C25H25N3O3S3. The molecule has 0 saturated carbocycles. The van der Waals surface area contributed by atoms with E-state index in [9.17, 15) is 13.2 Å². The summed E-state index contributed by atoms with van der Waals surface area (Å²) < 4.78 is 28.9. The van der Waals surface area contributed by atoms with E-state index in [4.69, 9.17) is 4.98 Å². The van der Waals surface area contributed by atoms with E-state index in [-0.39, 0.29) is 10.8 Å². The molecule has 9 heteroatoms. The van der Waals surface area contributed by atoms with Crippen LogP contribution in [-0.4, -0.2) is 36.7 Å². The van der Waals surface area contributed by atoms with Crippen molar-refractivity contribution in [2.45, 2.75) is 25.2 Å². The highest BCUT2D eigenvalue weighted by molar-refractivity contribution is 7.89. The number of amides is 1. The van der Waals surface area contributed by atoms with Crippen molar-refractivity contribution in [3.63, 3.8) is 0 Å². The molecule has 1 aliphatic rings. The van der Waals surface area contributed by atoms with Crippen LogP contribution in [0.4, 0.5) is 5.00 Å². The summed E-state index contributed by atoms with van der Waals surface area (Å²) in [5.74, 6) is 0.381. The van der Waals surface area contributed by atoms with Crippen molar-refractivity contribution >= 4 is 53.8 Å². The highest BCUT2D eigenvalue weighted by atomic mass is 32.2. The third kappa shape index (κ3) is 4.53. The number of thiazole rings is 1. The average molecular weight is 512 g/mol. The Kier molecular flexibility index (Phi) is 6.28. The number of hydrogen-bond acceptors (Lipinski definition) is 6. The SMILES string of the molecule is CC1CC(C)CN(S(=O)(=O)c2ccc(C(=O)Nc3sccc3-c3nc4ccccc4s3)cc2)C1. The first-order valence-electron chi connectivity index (χ1n) is 11.2. The first kappa shape index (κ1) is 23.2. The number of nitrogens with one attached hydrogen (secondary N) is 1. The number of nitrogens with zero attached hydrogens (tertiary/aromatic N) is 2. The van der Waals surface area contributed by atoms with Crippen molar-refractivity contribution in [2.24, 2.45) is 11.8 Å². The number of para-hydroxylation sites is 1. The maximum absolute atomic E-state index is 13.1. The number of anilines is 1. The van der Waals surface area contributed by atoms with Gasteiger partial charge in [0.1, 0.15) is 10.0 Å². The van der Waals surface area contributed by atoms with E-state index in [1.807, 2.05) is 35.7 Å². The van der Waals surface area contributed by atoms with Crippen LogP contribution in [0, 0.1) is 11.8 Å². The van der Waals surface area contributed by atoms with Crippen LogP contribution < -0.4 is 5.32 Å². The van der Waals surface area contributed by atoms with E-state index in [1.54, 1.807) is 27.8 Å². The Hall–Kier alpha value is -2.59. The lowest BCUT2D eigenvalue weighted by Crippen LogP contribution is -2.42. The maximum atomic E-state index is 13.1. The molecule has 1 amide bonds. The minimum atomic E-state index is -3.58. The molecule has 4 aromatic rings. The van der Waals surface area contributed by atoms with Gasteiger partial charge in [-0.25, -0.2) is 13.4 Å². The van der Waals surface area contributed by atoms with E-state index in [0.717, 1.165) is 32.2 Å².